The molecule has 3 heterocycles. The van der Waals surface area contributed by atoms with Crippen LogP contribution in [0, 0.1) is 6.92 Å². The fourth-order valence-corrected chi connectivity index (χ4v) is 3.46. The maximum Gasteiger partial charge on any atom is 0.290 e. The molecule has 1 aromatic carbocycles. The summed E-state index contributed by atoms with van der Waals surface area (Å²) in [7, 11) is 0. The van der Waals surface area contributed by atoms with Gasteiger partial charge in [0.1, 0.15) is 0 Å². The molecule has 4 rings (SSSR count). The summed E-state index contributed by atoms with van der Waals surface area (Å²) < 4.78 is 1.68. The number of halogens is 1. The zero-order valence-corrected chi connectivity index (χ0v) is 15.7. The number of carbonyl (C=O) groups excluding carboxylic acids is 2. The number of rotatable bonds is 3. The van der Waals surface area contributed by atoms with Crippen LogP contribution in [0.15, 0.2) is 42.6 Å². The second kappa shape index (κ2) is 7.04. The summed E-state index contributed by atoms with van der Waals surface area (Å²) in [5, 5.41) is 3.39. The minimum atomic E-state index is -0.376. The van der Waals surface area contributed by atoms with Gasteiger partial charge in [-0.25, -0.2) is 4.98 Å². The van der Waals surface area contributed by atoms with Crippen LogP contribution in [0.5, 0.6) is 0 Å². The summed E-state index contributed by atoms with van der Waals surface area (Å²) in [6.07, 6.45) is 3.75. The van der Waals surface area contributed by atoms with E-state index in [1.807, 2.05) is 25.1 Å². The molecule has 7 heteroatoms. The van der Waals surface area contributed by atoms with Crippen molar-refractivity contribution in [3.63, 3.8) is 0 Å². The number of amides is 2. The van der Waals surface area contributed by atoms with E-state index >= 15 is 0 Å². The molecular weight excluding hydrogens is 364 g/mol. The molecule has 0 spiro atoms. The number of nitrogens with zero attached hydrogens (tertiary/aromatic N) is 3. The summed E-state index contributed by atoms with van der Waals surface area (Å²) in [5.74, 6) is -0.259. The largest absolute Gasteiger partial charge is 0.336 e. The maximum absolute atomic E-state index is 12.8. The molecule has 0 atom stereocenters. The normalized spacial score (nSPS) is 13.9. The van der Waals surface area contributed by atoms with Gasteiger partial charge in [-0.3, -0.25) is 14.0 Å². The standard InChI is InChI=1S/C20H19ClN4O2/c1-13-7-8-14(12-15(13)21)22-19(26)17-16-6-2-3-11-25(16)18(23-17)20(27)24-9-4-5-10-24/h2-3,6-8,11-12H,4-5,9-10H2,1H3,(H,22,26). The zero-order valence-electron chi connectivity index (χ0n) is 14.9. The Hall–Kier alpha value is -2.86. The summed E-state index contributed by atoms with van der Waals surface area (Å²) in [4.78, 5) is 31.8. The van der Waals surface area contributed by atoms with E-state index in [4.69, 9.17) is 11.6 Å². The number of fused-ring (bicyclic) bond motifs is 1. The molecule has 2 aromatic heterocycles. The van der Waals surface area contributed by atoms with E-state index in [0.29, 0.717) is 16.2 Å². The number of pyridine rings is 1. The van der Waals surface area contributed by atoms with Crippen molar-refractivity contribution in [2.75, 3.05) is 18.4 Å². The highest BCUT2D eigenvalue weighted by Crippen LogP contribution is 2.22. The fraction of sp³-hybridized carbons (Fsp3) is 0.250. The van der Waals surface area contributed by atoms with Crippen LogP contribution in [0.4, 0.5) is 5.69 Å². The zero-order chi connectivity index (χ0) is 19.0. The Labute approximate surface area is 161 Å². The van der Waals surface area contributed by atoms with Crippen LogP contribution < -0.4 is 5.32 Å². The summed E-state index contributed by atoms with van der Waals surface area (Å²) in [6.45, 7) is 3.35. The highest BCUT2D eigenvalue weighted by molar-refractivity contribution is 6.31. The van der Waals surface area contributed by atoms with E-state index < -0.39 is 0 Å². The lowest BCUT2D eigenvalue weighted by Crippen LogP contribution is -2.29. The molecule has 1 N–H and O–H groups in total. The van der Waals surface area contributed by atoms with Crippen molar-refractivity contribution in [1.82, 2.24) is 14.3 Å². The molecule has 2 amide bonds. The number of anilines is 1. The number of carbonyl (C=O) groups is 2. The summed E-state index contributed by atoms with van der Waals surface area (Å²) in [6, 6.07) is 10.7. The highest BCUT2D eigenvalue weighted by atomic mass is 35.5. The molecule has 1 saturated heterocycles. The van der Waals surface area contributed by atoms with Crippen LogP contribution in [-0.2, 0) is 0 Å². The number of imidazole rings is 1. The van der Waals surface area contributed by atoms with Gasteiger partial charge in [-0.15, -0.1) is 0 Å². The van der Waals surface area contributed by atoms with Crippen molar-refractivity contribution < 1.29 is 9.59 Å². The van der Waals surface area contributed by atoms with Crippen molar-refractivity contribution in [2.45, 2.75) is 19.8 Å². The lowest BCUT2D eigenvalue weighted by Gasteiger charge is -2.13. The molecule has 0 radical (unpaired) electrons. The van der Waals surface area contributed by atoms with Gasteiger partial charge in [0.2, 0.25) is 5.82 Å². The second-order valence-electron chi connectivity index (χ2n) is 6.66. The van der Waals surface area contributed by atoms with Crippen LogP contribution in [0.3, 0.4) is 0 Å². The van der Waals surface area contributed by atoms with Crippen LogP contribution >= 0.6 is 11.6 Å². The van der Waals surface area contributed by atoms with Gasteiger partial charge in [0, 0.05) is 30.0 Å². The second-order valence-corrected chi connectivity index (χ2v) is 7.06. The molecule has 0 bridgehead atoms. The Kier molecular flexibility index (Phi) is 4.58. The van der Waals surface area contributed by atoms with Crippen molar-refractivity contribution >= 4 is 34.6 Å². The average Bonchev–Trinajstić information content (AvgIpc) is 3.32. The lowest BCUT2D eigenvalue weighted by atomic mass is 10.2. The Bertz CT molecular complexity index is 1040. The van der Waals surface area contributed by atoms with Gasteiger partial charge in [-0.05, 0) is 49.6 Å². The molecule has 1 fully saturated rings. The van der Waals surface area contributed by atoms with Crippen molar-refractivity contribution in [2.24, 2.45) is 0 Å². The Morgan fingerprint density at radius 3 is 2.67 bits per heavy atom. The SMILES string of the molecule is Cc1ccc(NC(=O)c2nc(C(=O)N3CCCC3)n3ccccc23)cc1Cl. The fourth-order valence-electron chi connectivity index (χ4n) is 3.28. The molecule has 138 valence electrons. The number of benzene rings is 1. The minimum absolute atomic E-state index is 0.147. The van der Waals surface area contributed by atoms with E-state index in [2.05, 4.69) is 10.3 Å². The number of likely N-dealkylation sites (tertiary alicyclic amines) is 1. The summed E-state index contributed by atoms with van der Waals surface area (Å²) in [5.41, 5.74) is 2.33. The van der Waals surface area contributed by atoms with Gasteiger partial charge < -0.3 is 10.2 Å². The summed E-state index contributed by atoms with van der Waals surface area (Å²) >= 11 is 6.14. The van der Waals surface area contributed by atoms with Crippen LogP contribution in [0.1, 0.15) is 39.5 Å². The molecule has 0 saturated carbocycles. The van der Waals surface area contributed by atoms with Crippen LogP contribution in [0.2, 0.25) is 5.02 Å². The Morgan fingerprint density at radius 2 is 1.93 bits per heavy atom. The highest BCUT2D eigenvalue weighted by Gasteiger charge is 2.26. The first kappa shape index (κ1) is 17.5. The van der Waals surface area contributed by atoms with E-state index in [0.717, 1.165) is 31.5 Å². The smallest absolute Gasteiger partial charge is 0.290 e. The number of hydrogen-bond donors (Lipinski definition) is 1. The average molecular weight is 383 g/mol. The molecule has 27 heavy (non-hydrogen) atoms. The first-order valence-electron chi connectivity index (χ1n) is 8.88. The number of nitrogens with one attached hydrogen (secondary N) is 1. The Balaban J connectivity index is 1.69. The van der Waals surface area contributed by atoms with Gasteiger partial charge >= 0.3 is 0 Å². The number of hydrogen-bond acceptors (Lipinski definition) is 3. The van der Waals surface area contributed by atoms with Gasteiger partial charge in [0.25, 0.3) is 11.8 Å². The monoisotopic (exact) mass is 382 g/mol. The molecule has 0 aliphatic carbocycles. The predicted molar refractivity (Wildman–Crippen MR) is 104 cm³/mol. The van der Waals surface area contributed by atoms with Crippen LogP contribution in [-0.4, -0.2) is 39.2 Å². The minimum Gasteiger partial charge on any atom is -0.336 e. The topological polar surface area (TPSA) is 66.7 Å². The van der Waals surface area contributed by atoms with Crippen molar-refractivity contribution in [3.05, 3.63) is 64.7 Å². The molecule has 3 aromatic rings. The molecular formula is C20H19ClN4O2. The van der Waals surface area contributed by atoms with E-state index in [1.165, 1.54) is 0 Å². The molecule has 1 aliphatic heterocycles. The van der Waals surface area contributed by atoms with Crippen LogP contribution in [0.25, 0.3) is 5.52 Å². The third kappa shape index (κ3) is 3.28. The molecule has 0 unspecified atom stereocenters. The van der Waals surface area contributed by atoms with Gasteiger partial charge in [-0.1, -0.05) is 23.7 Å². The van der Waals surface area contributed by atoms with Gasteiger partial charge in [-0.2, -0.15) is 0 Å². The molecule has 6 nitrogen and oxygen atoms in total. The Morgan fingerprint density at radius 1 is 1.15 bits per heavy atom. The van der Waals surface area contributed by atoms with E-state index in [1.54, 1.807) is 33.7 Å². The lowest BCUT2D eigenvalue weighted by molar-refractivity contribution is 0.0780. The first-order chi connectivity index (χ1) is 13.0. The third-order valence-corrected chi connectivity index (χ3v) is 5.18. The number of aryl methyl sites for hydroxylation is 1. The van der Waals surface area contributed by atoms with Gasteiger partial charge in [0.15, 0.2) is 5.69 Å². The molecule has 1 aliphatic rings. The first-order valence-corrected chi connectivity index (χ1v) is 9.26. The quantitative estimate of drug-likeness (QED) is 0.749. The van der Waals surface area contributed by atoms with Crippen molar-refractivity contribution in [1.29, 1.82) is 0 Å². The van der Waals surface area contributed by atoms with Gasteiger partial charge in [0.05, 0.1) is 5.52 Å². The van der Waals surface area contributed by atoms with Crippen molar-refractivity contribution in [3.8, 4) is 0 Å². The predicted octanol–water partition coefficient (Wildman–Crippen LogP) is 3.78. The van der Waals surface area contributed by atoms with E-state index in [-0.39, 0.29) is 23.3 Å². The maximum atomic E-state index is 12.8. The van der Waals surface area contributed by atoms with E-state index in [9.17, 15) is 9.59 Å². The number of aromatic nitrogens is 2. The third-order valence-electron chi connectivity index (χ3n) is 4.78.